The standard InChI is InChI=1S/C24H16O10/c25-12-7-18(32-20(30)8-12)21-22-19(33-23(21)11-2-4-14(27)16(29)6-11)9-17(34-24(22)31)10-1-3-13(26)15(28)5-10/h1-9,21,23,25-29H/t21-,23-/m0/s1. The van der Waals surface area contributed by atoms with Crippen molar-refractivity contribution in [3.8, 4) is 45.8 Å². The minimum atomic E-state index is -1.04. The molecule has 10 heteroatoms. The molecule has 2 aromatic heterocycles. The van der Waals surface area contributed by atoms with Crippen molar-refractivity contribution < 1.29 is 39.1 Å². The van der Waals surface area contributed by atoms with E-state index in [1.165, 1.54) is 48.5 Å². The average molecular weight is 464 g/mol. The molecule has 0 amide bonds. The van der Waals surface area contributed by atoms with Gasteiger partial charge in [-0.15, -0.1) is 0 Å². The molecule has 4 aromatic rings. The third-order valence-corrected chi connectivity index (χ3v) is 5.49. The van der Waals surface area contributed by atoms with E-state index in [9.17, 15) is 35.1 Å². The Balaban J connectivity index is 1.70. The number of benzene rings is 2. The van der Waals surface area contributed by atoms with Gasteiger partial charge in [-0.2, -0.15) is 0 Å². The van der Waals surface area contributed by atoms with E-state index in [2.05, 4.69) is 0 Å². The van der Waals surface area contributed by atoms with Gasteiger partial charge in [0.15, 0.2) is 23.0 Å². The smallest absolute Gasteiger partial charge is 0.344 e. The molecule has 0 saturated heterocycles. The van der Waals surface area contributed by atoms with Gasteiger partial charge in [0.2, 0.25) is 0 Å². The summed E-state index contributed by atoms with van der Waals surface area (Å²) < 4.78 is 16.7. The van der Waals surface area contributed by atoms with E-state index in [1.54, 1.807) is 0 Å². The normalized spacial score (nSPS) is 16.7. The topological polar surface area (TPSA) is 171 Å². The predicted molar refractivity (Wildman–Crippen MR) is 115 cm³/mol. The predicted octanol–water partition coefficient (Wildman–Crippen LogP) is 3.05. The van der Waals surface area contributed by atoms with Crippen LogP contribution in [0, 0.1) is 0 Å². The highest BCUT2D eigenvalue weighted by atomic mass is 16.5. The second-order valence-electron chi connectivity index (χ2n) is 7.68. The van der Waals surface area contributed by atoms with E-state index in [0.29, 0.717) is 5.56 Å². The zero-order valence-electron chi connectivity index (χ0n) is 17.1. The van der Waals surface area contributed by atoms with E-state index < -0.39 is 34.8 Å². The fourth-order valence-electron chi connectivity index (χ4n) is 3.94. The zero-order valence-corrected chi connectivity index (χ0v) is 17.1. The molecule has 5 rings (SSSR count). The highest BCUT2D eigenvalue weighted by Crippen LogP contribution is 2.50. The molecule has 3 heterocycles. The molecule has 1 aliphatic rings. The fraction of sp³-hybridized carbons (Fsp3) is 0.0833. The van der Waals surface area contributed by atoms with E-state index >= 15 is 0 Å². The molecule has 0 fully saturated rings. The minimum Gasteiger partial charge on any atom is -0.508 e. The summed E-state index contributed by atoms with van der Waals surface area (Å²) in [6, 6.07) is 11.2. The van der Waals surface area contributed by atoms with E-state index in [-0.39, 0.29) is 45.6 Å². The molecule has 10 nitrogen and oxygen atoms in total. The van der Waals surface area contributed by atoms with Gasteiger partial charge in [-0.25, -0.2) is 9.59 Å². The molecule has 0 saturated carbocycles. The molecule has 0 bridgehead atoms. The van der Waals surface area contributed by atoms with Crippen LogP contribution in [0.15, 0.2) is 73.0 Å². The van der Waals surface area contributed by atoms with Gasteiger partial charge >= 0.3 is 11.3 Å². The van der Waals surface area contributed by atoms with E-state index in [4.69, 9.17) is 13.6 Å². The van der Waals surface area contributed by atoms with Crippen LogP contribution in [-0.2, 0) is 0 Å². The fourth-order valence-corrected chi connectivity index (χ4v) is 3.94. The summed E-state index contributed by atoms with van der Waals surface area (Å²) in [4.78, 5) is 25.0. The van der Waals surface area contributed by atoms with Gasteiger partial charge in [0, 0.05) is 17.7 Å². The van der Waals surface area contributed by atoms with Crippen molar-refractivity contribution in [2.24, 2.45) is 0 Å². The van der Waals surface area contributed by atoms with Crippen molar-refractivity contribution in [3.05, 3.63) is 92.3 Å². The number of phenols is 4. The molecular formula is C24H16O10. The van der Waals surface area contributed by atoms with Crippen LogP contribution in [0.4, 0.5) is 0 Å². The molecule has 34 heavy (non-hydrogen) atoms. The summed E-state index contributed by atoms with van der Waals surface area (Å²) in [6.45, 7) is 0. The molecule has 0 unspecified atom stereocenters. The molecule has 2 atom stereocenters. The van der Waals surface area contributed by atoms with Crippen molar-refractivity contribution >= 4 is 0 Å². The highest BCUT2D eigenvalue weighted by molar-refractivity contribution is 5.64. The van der Waals surface area contributed by atoms with E-state index in [1.807, 2.05) is 0 Å². The zero-order chi connectivity index (χ0) is 24.1. The maximum absolute atomic E-state index is 13.1. The van der Waals surface area contributed by atoms with Gasteiger partial charge in [-0.05, 0) is 35.9 Å². The Kier molecular flexibility index (Phi) is 4.71. The summed E-state index contributed by atoms with van der Waals surface area (Å²) in [6.07, 6.45) is -1.00. The van der Waals surface area contributed by atoms with Crippen LogP contribution in [0.5, 0.6) is 34.5 Å². The van der Waals surface area contributed by atoms with Crippen LogP contribution in [0.3, 0.4) is 0 Å². The van der Waals surface area contributed by atoms with Crippen LogP contribution >= 0.6 is 0 Å². The summed E-state index contributed by atoms with van der Waals surface area (Å²) in [7, 11) is 0. The second kappa shape index (κ2) is 7.62. The van der Waals surface area contributed by atoms with E-state index in [0.717, 1.165) is 6.07 Å². The van der Waals surface area contributed by atoms with Gasteiger partial charge < -0.3 is 39.1 Å². The van der Waals surface area contributed by atoms with Gasteiger partial charge in [0.05, 0.1) is 17.5 Å². The molecule has 0 radical (unpaired) electrons. The van der Waals surface area contributed by atoms with Crippen LogP contribution in [0.1, 0.15) is 28.9 Å². The Labute approximate surface area is 189 Å². The first-order valence-electron chi connectivity index (χ1n) is 9.94. The van der Waals surface area contributed by atoms with Crippen molar-refractivity contribution in [2.45, 2.75) is 12.0 Å². The SMILES string of the molecule is O=c1cc(O)cc([C@H]2c3c(cc(-c4ccc(O)c(O)c4)oc3=O)O[C@H]2c2ccc(O)c(O)c2)o1. The monoisotopic (exact) mass is 464 g/mol. The molecular weight excluding hydrogens is 448 g/mol. The van der Waals surface area contributed by atoms with Crippen LogP contribution < -0.4 is 16.0 Å². The van der Waals surface area contributed by atoms with Crippen LogP contribution in [-0.4, -0.2) is 25.5 Å². The van der Waals surface area contributed by atoms with Crippen LogP contribution in [0.25, 0.3) is 11.3 Å². The lowest BCUT2D eigenvalue weighted by molar-refractivity contribution is 0.208. The number of hydrogen-bond acceptors (Lipinski definition) is 10. The van der Waals surface area contributed by atoms with Gasteiger partial charge in [-0.3, -0.25) is 0 Å². The highest BCUT2D eigenvalue weighted by Gasteiger charge is 2.42. The van der Waals surface area contributed by atoms with Gasteiger partial charge in [-0.1, -0.05) is 6.07 Å². The molecule has 0 spiro atoms. The number of phenolic OH excluding ortho intramolecular Hbond substituents is 4. The van der Waals surface area contributed by atoms with Gasteiger partial charge in [0.25, 0.3) is 0 Å². The number of rotatable bonds is 3. The minimum absolute atomic E-state index is 0.00179. The third-order valence-electron chi connectivity index (χ3n) is 5.49. The Hall–Kier alpha value is -4.86. The molecule has 5 N–H and O–H groups in total. The van der Waals surface area contributed by atoms with Crippen molar-refractivity contribution in [3.63, 3.8) is 0 Å². The van der Waals surface area contributed by atoms with Crippen molar-refractivity contribution in [1.29, 1.82) is 0 Å². The Bertz CT molecular complexity index is 1550. The Morgan fingerprint density at radius 2 is 1.41 bits per heavy atom. The lowest BCUT2D eigenvalue weighted by Crippen LogP contribution is -2.17. The number of aromatic hydroxyl groups is 5. The summed E-state index contributed by atoms with van der Waals surface area (Å²) >= 11 is 0. The molecule has 172 valence electrons. The molecule has 1 aliphatic heterocycles. The summed E-state index contributed by atoms with van der Waals surface area (Å²) in [5, 5.41) is 48.9. The maximum Gasteiger partial charge on any atom is 0.344 e. The number of hydrogen-bond donors (Lipinski definition) is 5. The van der Waals surface area contributed by atoms with Crippen LogP contribution in [0.2, 0.25) is 0 Å². The van der Waals surface area contributed by atoms with Crippen molar-refractivity contribution in [1.82, 2.24) is 0 Å². The number of fused-ring (bicyclic) bond motifs is 1. The lowest BCUT2D eigenvalue weighted by Gasteiger charge is -2.18. The number of ether oxygens (including phenoxy) is 1. The Morgan fingerprint density at radius 1 is 0.706 bits per heavy atom. The Morgan fingerprint density at radius 3 is 2.09 bits per heavy atom. The van der Waals surface area contributed by atoms with Crippen molar-refractivity contribution in [2.75, 3.05) is 0 Å². The first-order chi connectivity index (χ1) is 16.2. The first-order valence-corrected chi connectivity index (χ1v) is 9.94. The maximum atomic E-state index is 13.1. The second-order valence-corrected chi connectivity index (χ2v) is 7.68. The van der Waals surface area contributed by atoms with Gasteiger partial charge in [0.1, 0.15) is 29.1 Å². The lowest BCUT2D eigenvalue weighted by atomic mass is 9.89. The average Bonchev–Trinajstić information content (AvgIpc) is 3.17. The third kappa shape index (κ3) is 3.47. The largest absolute Gasteiger partial charge is 0.508 e. The molecule has 2 aromatic carbocycles. The summed E-state index contributed by atoms with van der Waals surface area (Å²) in [5.41, 5.74) is -1.06. The first kappa shape index (κ1) is 21.0. The summed E-state index contributed by atoms with van der Waals surface area (Å²) in [5.74, 6) is -2.97. The molecule has 0 aliphatic carbocycles. The quantitative estimate of drug-likeness (QED) is 0.284.